The topological polar surface area (TPSA) is 57.4 Å². The van der Waals surface area contributed by atoms with Gasteiger partial charge in [0.05, 0.1) is 28.9 Å². The molecule has 2 heterocycles. The first kappa shape index (κ1) is 13.9. The SMILES string of the molecule is C#CCc1ccc(N)c(B2OC(C)(C)C(C)(C)O2)n1. The Morgan fingerprint density at radius 2 is 1.84 bits per heavy atom. The van der Waals surface area contributed by atoms with Crippen molar-refractivity contribution in [3.8, 4) is 12.3 Å². The summed E-state index contributed by atoms with van der Waals surface area (Å²) in [5, 5.41) is 0. The van der Waals surface area contributed by atoms with Crippen molar-refractivity contribution in [3.05, 3.63) is 17.8 Å². The maximum absolute atomic E-state index is 5.97. The molecule has 0 radical (unpaired) electrons. The number of terminal acetylenes is 1. The molecule has 0 unspecified atom stereocenters. The molecule has 0 spiro atoms. The first-order valence-corrected chi connectivity index (χ1v) is 6.31. The molecule has 4 nitrogen and oxygen atoms in total. The summed E-state index contributed by atoms with van der Waals surface area (Å²) >= 11 is 0. The summed E-state index contributed by atoms with van der Waals surface area (Å²) in [4.78, 5) is 4.46. The van der Waals surface area contributed by atoms with Gasteiger partial charge in [0.2, 0.25) is 0 Å². The number of anilines is 1. The minimum atomic E-state index is -0.553. The summed E-state index contributed by atoms with van der Waals surface area (Å²) in [6.07, 6.45) is 5.77. The van der Waals surface area contributed by atoms with Gasteiger partial charge in [-0.25, -0.2) is 0 Å². The highest BCUT2D eigenvalue weighted by Gasteiger charge is 2.52. The van der Waals surface area contributed by atoms with E-state index < -0.39 is 18.3 Å². The maximum Gasteiger partial charge on any atom is 0.516 e. The molecular weight excluding hydrogens is 239 g/mol. The van der Waals surface area contributed by atoms with Crippen LogP contribution in [0.15, 0.2) is 12.1 Å². The Morgan fingerprint density at radius 3 is 2.37 bits per heavy atom. The fourth-order valence-electron chi connectivity index (χ4n) is 1.87. The van der Waals surface area contributed by atoms with Crippen molar-refractivity contribution in [2.24, 2.45) is 0 Å². The predicted molar refractivity (Wildman–Crippen MR) is 76.9 cm³/mol. The summed E-state index contributed by atoms with van der Waals surface area (Å²) < 4.78 is 11.9. The highest BCUT2D eigenvalue weighted by molar-refractivity contribution is 6.62. The molecule has 2 rings (SSSR count). The molecule has 1 fully saturated rings. The lowest BCUT2D eigenvalue weighted by Gasteiger charge is -2.32. The summed E-state index contributed by atoms with van der Waals surface area (Å²) in [6.45, 7) is 7.98. The Balaban J connectivity index is 2.34. The Kier molecular flexibility index (Phi) is 3.33. The van der Waals surface area contributed by atoms with Gasteiger partial charge in [0, 0.05) is 5.69 Å². The van der Waals surface area contributed by atoms with E-state index >= 15 is 0 Å². The van der Waals surface area contributed by atoms with Crippen molar-refractivity contribution < 1.29 is 9.31 Å². The number of pyridine rings is 1. The van der Waals surface area contributed by atoms with Crippen molar-refractivity contribution in [1.82, 2.24) is 4.98 Å². The fraction of sp³-hybridized carbons (Fsp3) is 0.500. The first-order chi connectivity index (χ1) is 8.77. The second-order valence-corrected chi connectivity index (χ2v) is 5.75. The van der Waals surface area contributed by atoms with Crippen LogP contribution in [-0.2, 0) is 15.7 Å². The van der Waals surface area contributed by atoms with Crippen LogP contribution in [0.4, 0.5) is 5.69 Å². The number of aromatic nitrogens is 1. The van der Waals surface area contributed by atoms with E-state index in [0.29, 0.717) is 17.7 Å². The standard InChI is InChI=1S/C14H19BN2O2/c1-6-7-10-8-9-11(16)12(17-10)15-18-13(2,3)14(4,5)19-15/h1,8-9H,7,16H2,2-5H3. The van der Waals surface area contributed by atoms with Crippen LogP contribution in [0.25, 0.3) is 0 Å². The molecule has 100 valence electrons. The largest absolute Gasteiger partial charge is 0.516 e. The number of nitrogen functional groups attached to an aromatic ring is 1. The number of rotatable bonds is 2. The van der Waals surface area contributed by atoms with Gasteiger partial charge in [-0.2, -0.15) is 0 Å². The van der Waals surface area contributed by atoms with Crippen molar-refractivity contribution >= 4 is 18.4 Å². The lowest BCUT2D eigenvalue weighted by molar-refractivity contribution is 0.00578. The lowest BCUT2D eigenvalue weighted by atomic mass is 9.82. The lowest BCUT2D eigenvalue weighted by Crippen LogP contribution is -2.41. The van der Waals surface area contributed by atoms with Gasteiger partial charge in [-0.15, -0.1) is 12.3 Å². The molecule has 1 aromatic heterocycles. The summed E-state index contributed by atoms with van der Waals surface area (Å²) in [6, 6.07) is 3.62. The van der Waals surface area contributed by atoms with E-state index in [2.05, 4.69) is 10.9 Å². The van der Waals surface area contributed by atoms with Crippen LogP contribution in [0.5, 0.6) is 0 Å². The molecule has 0 atom stereocenters. The van der Waals surface area contributed by atoms with E-state index in [4.69, 9.17) is 21.5 Å². The maximum atomic E-state index is 5.97. The Hall–Kier alpha value is -1.51. The van der Waals surface area contributed by atoms with E-state index in [9.17, 15) is 0 Å². The van der Waals surface area contributed by atoms with Gasteiger partial charge in [-0.1, -0.05) is 0 Å². The minimum absolute atomic E-state index is 0.409. The van der Waals surface area contributed by atoms with Crippen molar-refractivity contribution in [2.75, 3.05) is 5.73 Å². The molecule has 19 heavy (non-hydrogen) atoms. The third kappa shape index (κ3) is 2.47. The van der Waals surface area contributed by atoms with E-state index in [0.717, 1.165) is 5.69 Å². The molecular formula is C14H19BN2O2. The van der Waals surface area contributed by atoms with E-state index in [1.165, 1.54) is 0 Å². The third-order valence-electron chi connectivity index (χ3n) is 3.77. The fourth-order valence-corrected chi connectivity index (χ4v) is 1.87. The van der Waals surface area contributed by atoms with Gasteiger partial charge in [0.15, 0.2) is 0 Å². The molecule has 0 aliphatic carbocycles. The summed E-state index contributed by atoms with van der Waals surface area (Å²) in [7, 11) is -0.553. The van der Waals surface area contributed by atoms with E-state index in [-0.39, 0.29) is 0 Å². The van der Waals surface area contributed by atoms with Crippen LogP contribution in [0, 0.1) is 12.3 Å². The molecule has 0 saturated carbocycles. The second kappa shape index (κ2) is 4.55. The van der Waals surface area contributed by atoms with Crippen LogP contribution in [0.2, 0.25) is 0 Å². The van der Waals surface area contributed by atoms with Gasteiger partial charge < -0.3 is 15.0 Å². The van der Waals surface area contributed by atoms with Crippen LogP contribution in [-0.4, -0.2) is 23.3 Å². The highest BCUT2D eigenvalue weighted by atomic mass is 16.7. The molecule has 1 aliphatic rings. The highest BCUT2D eigenvalue weighted by Crippen LogP contribution is 2.36. The van der Waals surface area contributed by atoms with Crippen LogP contribution in [0.1, 0.15) is 33.4 Å². The minimum Gasteiger partial charge on any atom is -0.398 e. The van der Waals surface area contributed by atoms with Crippen LogP contribution in [0.3, 0.4) is 0 Å². The summed E-state index contributed by atoms with van der Waals surface area (Å²) in [5.74, 6) is 2.57. The third-order valence-corrected chi connectivity index (χ3v) is 3.77. The van der Waals surface area contributed by atoms with E-state index in [1.54, 1.807) is 6.07 Å². The van der Waals surface area contributed by atoms with Crippen molar-refractivity contribution in [1.29, 1.82) is 0 Å². The van der Waals surface area contributed by atoms with E-state index in [1.807, 2.05) is 33.8 Å². The Bertz CT molecular complexity index is 519. The number of nitrogens with zero attached hydrogens (tertiary/aromatic N) is 1. The Morgan fingerprint density at radius 1 is 1.26 bits per heavy atom. The first-order valence-electron chi connectivity index (χ1n) is 6.31. The van der Waals surface area contributed by atoms with Gasteiger partial charge in [-0.3, -0.25) is 4.98 Å². The molecule has 0 aromatic carbocycles. The zero-order chi connectivity index (χ0) is 14.3. The summed E-state index contributed by atoms with van der Waals surface area (Å²) in [5.41, 5.74) is 7.10. The smallest absolute Gasteiger partial charge is 0.398 e. The van der Waals surface area contributed by atoms with Crippen LogP contribution < -0.4 is 11.3 Å². The molecule has 2 N–H and O–H groups in total. The number of nitrogens with two attached hydrogens (primary N) is 1. The molecule has 0 amide bonds. The molecule has 1 saturated heterocycles. The second-order valence-electron chi connectivity index (χ2n) is 5.75. The Labute approximate surface area is 114 Å². The van der Waals surface area contributed by atoms with Gasteiger partial charge in [0.1, 0.15) is 0 Å². The van der Waals surface area contributed by atoms with Crippen LogP contribution >= 0.6 is 0 Å². The van der Waals surface area contributed by atoms with Gasteiger partial charge in [0.25, 0.3) is 0 Å². The zero-order valence-electron chi connectivity index (χ0n) is 11.9. The zero-order valence-corrected chi connectivity index (χ0v) is 11.9. The molecule has 1 aromatic rings. The molecule has 1 aliphatic heterocycles. The van der Waals surface area contributed by atoms with Crippen molar-refractivity contribution in [3.63, 3.8) is 0 Å². The predicted octanol–water partition coefficient (Wildman–Crippen LogP) is 1.14. The van der Waals surface area contributed by atoms with Gasteiger partial charge >= 0.3 is 7.12 Å². The van der Waals surface area contributed by atoms with Crippen molar-refractivity contribution in [2.45, 2.75) is 45.3 Å². The average Bonchev–Trinajstić information content (AvgIpc) is 2.51. The quantitative estimate of drug-likeness (QED) is 0.638. The number of hydrogen-bond acceptors (Lipinski definition) is 4. The van der Waals surface area contributed by atoms with Gasteiger partial charge in [-0.05, 0) is 39.8 Å². The monoisotopic (exact) mass is 258 g/mol. The molecule has 5 heteroatoms. The number of hydrogen-bond donors (Lipinski definition) is 1. The average molecular weight is 258 g/mol. The normalized spacial score (nSPS) is 20.3. The molecule has 0 bridgehead atoms.